The van der Waals surface area contributed by atoms with Gasteiger partial charge in [0.2, 0.25) is 0 Å². The first-order valence-corrected chi connectivity index (χ1v) is 4.64. The van der Waals surface area contributed by atoms with E-state index in [-0.39, 0.29) is 0 Å². The number of aromatic nitrogens is 2. The topological polar surface area (TPSA) is 44.1 Å². The normalized spacial score (nSPS) is 12.6. The highest BCUT2D eigenvalue weighted by molar-refractivity contribution is 6.30. The summed E-state index contributed by atoms with van der Waals surface area (Å²) in [5.41, 5.74) is 2.38. The minimum Gasteiger partial charge on any atom is -0.468 e. The fraction of sp³-hybridized carbons (Fsp3) is 0.556. The summed E-state index contributed by atoms with van der Waals surface area (Å²) in [6, 6.07) is 0. The zero-order chi connectivity index (χ0) is 10.9. The van der Waals surface area contributed by atoms with Gasteiger partial charge in [0.15, 0.2) is 5.38 Å². The molecule has 0 aromatic carbocycles. The molecule has 1 unspecified atom stereocenters. The molecular weight excluding hydrogens is 204 g/mol. The van der Waals surface area contributed by atoms with Crippen LogP contribution in [0.15, 0.2) is 0 Å². The fourth-order valence-electron chi connectivity index (χ4n) is 1.38. The summed E-state index contributed by atoms with van der Waals surface area (Å²) in [5, 5.41) is 3.40. The van der Waals surface area contributed by atoms with Crippen molar-refractivity contribution in [2.45, 2.75) is 19.2 Å². The van der Waals surface area contributed by atoms with E-state index in [4.69, 9.17) is 11.6 Å². The van der Waals surface area contributed by atoms with Crippen LogP contribution in [0, 0.1) is 13.8 Å². The molecule has 0 saturated heterocycles. The molecule has 4 nitrogen and oxygen atoms in total. The number of alkyl halides is 1. The average molecular weight is 217 g/mol. The lowest BCUT2D eigenvalue weighted by Gasteiger charge is -2.07. The van der Waals surface area contributed by atoms with Crippen LogP contribution in [0.2, 0.25) is 0 Å². The predicted molar refractivity (Wildman–Crippen MR) is 53.3 cm³/mol. The van der Waals surface area contributed by atoms with Crippen LogP contribution < -0.4 is 0 Å². The lowest BCUT2D eigenvalue weighted by molar-refractivity contribution is -0.140. The molecule has 1 aromatic heterocycles. The molecule has 0 amide bonds. The maximum atomic E-state index is 11.2. The van der Waals surface area contributed by atoms with Crippen molar-refractivity contribution in [3.8, 4) is 0 Å². The second kappa shape index (κ2) is 4.00. The van der Waals surface area contributed by atoms with Gasteiger partial charge in [0.25, 0.3) is 0 Å². The van der Waals surface area contributed by atoms with Gasteiger partial charge in [-0.25, -0.2) is 0 Å². The molecule has 0 N–H and O–H groups in total. The number of nitrogens with zero attached hydrogens (tertiary/aromatic N) is 2. The van der Waals surface area contributed by atoms with Crippen LogP contribution >= 0.6 is 11.6 Å². The summed E-state index contributed by atoms with van der Waals surface area (Å²) < 4.78 is 6.28. The van der Waals surface area contributed by atoms with E-state index in [9.17, 15) is 4.79 Å². The Hall–Kier alpha value is -1.03. The van der Waals surface area contributed by atoms with E-state index in [0.29, 0.717) is 0 Å². The van der Waals surface area contributed by atoms with Gasteiger partial charge >= 0.3 is 5.97 Å². The van der Waals surface area contributed by atoms with Crippen LogP contribution in [0.3, 0.4) is 0 Å². The van der Waals surface area contributed by atoms with Gasteiger partial charge < -0.3 is 4.74 Å². The van der Waals surface area contributed by atoms with Gasteiger partial charge in [0.1, 0.15) is 0 Å². The Balaban J connectivity index is 3.12. The van der Waals surface area contributed by atoms with Crippen molar-refractivity contribution in [2.75, 3.05) is 7.11 Å². The Morgan fingerprint density at radius 1 is 1.57 bits per heavy atom. The molecule has 0 aliphatic heterocycles. The number of hydrogen-bond donors (Lipinski definition) is 0. The second-order valence-corrected chi connectivity index (χ2v) is 3.53. The van der Waals surface area contributed by atoms with Crippen molar-refractivity contribution in [2.24, 2.45) is 7.05 Å². The van der Waals surface area contributed by atoms with E-state index in [1.165, 1.54) is 7.11 Å². The largest absolute Gasteiger partial charge is 0.468 e. The highest BCUT2D eigenvalue weighted by atomic mass is 35.5. The lowest BCUT2D eigenvalue weighted by atomic mass is 10.1. The molecule has 0 radical (unpaired) electrons. The van der Waals surface area contributed by atoms with Gasteiger partial charge in [0.05, 0.1) is 12.8 Å². The van der Waals surface area contributed by atoms with E-state index < -0.39 is 11.3 Å². The minimum atomic E-state index is -0.770. The van der Waals surface area contributed by atoms with Crippen LogP contribution in [0.1, 0.15) is 22.3 Å². The number of methoxy groups -OCH3 is 1. The summed E-state index contributed by atoms with van der Waals surface area (Å²) in [7, 11) is 3.13. The van der Waals surface area contributed by atoms with E-state index in [1.54, 1.807) is 4.68 Å². The second-order valence-electron chi connectivity index (χ2n) is 3.09. The Morgan fingerprint density at radius 2 is 2.14 bits per heavy atom. The van der Waals surface area contributed by atoms with E-state index >= 15 is 0 Å². The third kappa shape index (κ3) is 1.75. The standard InChI is InChI=1S/C9H13ClN2O2/c1-5-7(6(2)12(3)11-5)8(10)9(13)14-4/h8H,1-4H3. The monoisotopic (exact) mass is 216 g/mol. The Bertz CT molecular complexity index is 360. The van der Waals surface area contributed by atoms with Gasteiger partial charge in [-0.15, -0.1) is 11.6 Å². The molecule has 78 valence electrons. The summed E-state index contributed by atoms with van der Waals surface area (Å²) in [4.78, 5) is 11.2. The molecule has 0 fully saturated rings. The van der Waals surface area contributed by atoms with Crippen molar-refractivity contribution < 1.29 is 9.53 Å². The molecule has 0 spiro atoms. The van der Waals surface area contributed by atoms with Crippen molar-refractivity contribution in [3.05, 3.63) is 17.0 Å². The fourth-order valence-corrected chi connectivity index (χ4v) is 1.78. The average Bonchev–Trinajstić information content (AvgIpc) is 2.39. The zero-order valence-corrected chi connectivity index (χ0v) is 9.42. The lowest BCUT2D eigenvalue weighted by Crippen LogP contribution is -2.10. The third-order valence-electron chi connectivity index (χ3n) is 2.23. The smallest absolute Gasteiger partial charge is 0.328 e. The molecule has 1 heterocycles. The van der Waals surface area contributed by atoms with Crippen molar-refractivity contribution in [1.29, 1.82) is 0 Å². The number of esters is 1. The van der Waals surface area contributed by atoms with Crippen molar-refractivity contribution >= 4 is 17.6 Å². The molecule has 0 aliphatic rings. The number of hydrogen-bond acceptors (Lipinski definition) is 3. The maximum Gasteiger partial charge on any atom is 0.328 e. The van der Waals surface area contributed by atoms with Crippen LogP contribution in [0.5, 0.6) is 0 Å². The molecular formula is C9H13ClN2O2. The summed E-state index contributed by atoms with van der Waals surface area (Å²) >= 11 is 5.95. The predicted octanol–water partition coefficient (Wildman–Crippen LogP) is 1.49. The Kier molecular flexibility index (Phi) is 3.16. The highest BCUT2D eigenvalue weighted by Crippen LogP contribution is 2.27. The number of ether oxygens (including phenoxy) is 1. The van der Waals surface area contributed by atoms with Gasteiger partial charge in [-0.2, -0.15) is 5.10 Å². The molecule has 1 atom stereocenters. The van der Waals surface area contributed by atoms with Gasteiger partial charge in [-0.1, -0.05) is 0 Å². The first kappa shape index (κ1) is 11.0. The Labute approximate surface area is 87.8 Å². The summed E-state index contributed by atoms with van der Waals surface area (Å²) in [6.07, 6.45) is 0. The SMILES string of the molecule is COC(=O)C(Cl)c1c(C)nn(C)c1C. The molecule has 1 rings (SSSR count). The van der Waals surface area contributed by atoms with Crippen molar-refractivity contribution in [3.63, 3.8) is 0 Å². The molecule has 0 aliphatic carbocycles. The number of rotatable bonds is 2. The van der Waals surface area contributed by atoms with Crippen LogP contribution in [0.25, 0.3) is 0 Å². The molecule has 14 heavy (non-hydrogen) atoms. The van der Waals surface area contributed by atoms with Gasteiger partial charge in [-0.3, -0.25) is 9.48 Å². The zero-order valence-electron chi connectivity index (χ0n) is 8.67. The van der Waals surface area contributed by atoms with E-state index in [2.05, 4.69) is 9.84 Å². The quantitative estimate of drug-likeness (QED) is 0.556. The number of carbonyl (C=O) groups excluding carboxylic acids is 1. The highest BCUT2D eigenvalue weighted by Gasteiger charge is 2.25. The van der Waals surface area contributed by atoms with Crippen molar-refractivity contribution in [1.82, 2.24) is 9.78 Å². The summed E-state index contributed by atoms with van der Waals surface area (Å²) in [5.74, 6) is -0.453. The minimum absolute atomic E-state index is 0.453. The van der Waals surface area contributed by atoms with Gasteiger partial charge in [-0.05, 0) is 13.8 Å². The number of carbonyl (C=O) groups is 1. The number of halogens is 1. The first-order valence-electron chi connectivity index (χ1n) is 4.21. The third-order valence-corrected chi connectivity index (χ3v) is 2.62. The molecule has 1 aromatic rings. The summed E-state index contributed by atoms with van der Waals surface area (Å²) in [6.45, 7) is 3.69. The van der Waals surface area contributed by atoms with E-state index in [1.807, 2.05) is 20.9 Å². The maximum absolute atomic E-state index is 11.2. The number of aryl methyl sites for hydroxylation is 2. The molecule has 0 saturated carbocycles. The first-order chi connectivity index (χ1) is 6.49. The van der Waals surface area contributed by atoms with Crippen LogP contribution in [-0.4, -0.2) is 22.9 Å². The van der Waals surface area contributed by atoms with Gasteiger partial charge in [0, 0.05) is 18.3 Å². The van der Waals surface area contributed by atoms with E-state index in [0.717, 1.165) is 17.0 Å². The van der Waals surface area contributed by atoms with Crippen LogP contribution in [0.4, 0.5) is 0 Å². The van der Waals surface area contributed by atoms with Crippen LogP contribution in [-0.2, 0) is 16.6 Å². The Morgan fingerprint density at radius 3 is 2.50 bits per heavy atom. The molecule has 5 heteroatoms. The molecule has 0 bridgehead atoms.